The molecule has 2 aliphatic rings. The lowest BCUT2D eigenvalue weighted by molar-refractivity contribution is -0.119. The Morgan fingerprint density at radius 1 is 0.633 bits per heavy atom. The number of nitrogens with zero attached hydrogens (tertiary/aromatic N) is 4. The van der Waals surface area contributed by atoms with Crippen LogP contribution in [0.15, 0.2) is 121 Å². The maximum atomic E-state index is 15.1. The van der Waals surface area contributed by atoms with Gasteiger partial charge >= 0.3 is 0 Å². The molecule has 60 heavy (non-hydrogen) atoms. The van der Waals surface area contributed by atoms with Crippen LogP contribution < -0.4 is 20.1 Å². The maximum Gasteiger partial charge on any atom is 0.250 e. The predicted molar refractivity (Wildman–Crippen MR) is 228 cm³/mol. The molecule has 4 aromatic carbocycles. The van der Waals surface area contributed by atoms with E-state index in [0.29, 0.717) is 22.6 Å². The van der Waals surface area contributed by atoms with E-state index in [4.69, 9.17) is 9.47 Å². The van der Waals surface area contributed by atoms with Gasteiger partial charge in [-0.25, -0.2) is 18.7 Å². The second kappa shape index (κ2) is 18.0. The summed E-state index contributed by atoms with van der Waals surface area (Å²) in [5.74, 6) is -0.934. The number of benzene rings is 4. The lowest BCUT2D eigenvalue weighted by atomic mass is 10.1. The van der Waals surface area contributed by atoms with Crippen LogP contribution in [-0.2, 0) is 22.4 Å². The van der Waals surface area contributed by atoms with E-state index in [1.54, 1.807) is 49.1 Å². The van der Waals surface area contributed by atoms with Crippen molar-refractivity contribution in [1.82, 2.24) is 29.7 Å². The number of hydrogen-bond donors (Lipinski definition) is 2. The molecule has 2 heterocycles. The van der Waals surface area contributed by atoms with Crippen LogP contribution in [0.2, 0.25) is 0 Å². The first-order valence-electron chi connectivity index (χ1n) is 19.8. The number of aromatic nitrogens is 4. The number of halogens is 2. The Morgan fingerprint density at radius 2 is 1.03 bits per heavy atom. The summed E-state index contributed by atoms with van der Waals surface area (Å²) in [5, 5.41) is 5.95. The van der Waals surface area contributed by atoms with Crippen molar-refractivity contribution in [2.45, 2.75) is 65.5 Å². The van der Waals surface area contributed by atoms with Crippen LogP contribution in [0.5, 0.6) is 11.5 Å². The van der Waals surface area contributed by atoms with Crippen molar-refractivity contribution in [3.05, 3.63) is 166 Å². The highest BCUT2D eigenvalue weighted by atomic mass is 19.1. The Kier molecular flexibility index (Phi) is 12.4. The third-order valence-electron chi connectivity index (χ3n) is 11.1. The van der Waals surface area contributed by atoms with Crippen molar-refractivity contribution < 1.29 is 27.8 Å². The van der Waals surface area contributed by atoms with Crippen molar-refractivity contribution in [3.63, 3.8) is 0 Å². The zero-order valence-corrected chi connectivity index (χ0v) is 34.6. The average molecular weight is 811 g/mol. The van der Waals surface area contributed by atoms with E-state index >= 15 is 8.78 Å². The number of imidazole rings is 2. The summed E-state index contributed by atoms with van der Waals surface area (Å²) in [6.07, 6.45) is 10.6. The highest BCUT2D eigenvalue weighted by molar-refractivity contribution is 6.00. The molecule has 2 N–H and O–H groups in total. The van der Waals surface area contributed by atoms with Gasteiger partial charge in [-0.3, -0.25) is 9.59 Å². The molecule has 308 valence electrons. The summed E-state index contributed by atoms with van der Waals surface area (Å²) < 4.78 is 44.8. The quantitative estimate of drug-likeness (QED) is 0.134. The van der Waals surface area contributed by atoms with Crippen LogP contribution in [0, 0.1) is 13.8 Å². The third kappa shape index (κ3) is 8.78. The van der Waals surface area contributed by atoms with Crippen LogP contribution in [0.4, 0.5) is 8.78 Å². The van der Waals surface area contributed by atoms with Crippen LogP contribution >= 0.6 is 0 Å². The van der Waals surface area contributed by atoms with E-state index < -0.39 is 23.5 Å². The number of rotatable bonds is 10. The SMILES string of the molecule is COc1cc(/C(F)=C(/C)C(=O)NC2CCc3ccccc32)ccc1-n1cnc(C)c1.COc1cc(/C(F)=C(\C)C(=O)NC2CCc3ccccc32)ccc1-n1cnc(C)c1. The van der Waals surface area contributed by atoms with Gasteiger partial charge < -0.3 is 29.2 Å². The highest BCUT2D eigenvalue weighted by Gasteiger charge is 2.27. The molecule has 10 nitrogen and oxygen atoms in total. The van der Waals surface area contributed by atoms with Crippen molar-refractivity contribution in [1.29, 1.82) is 0 Å². The minimum absolute atomic E-state index is 0.0488. The summed E-state index contributed by atoms with van der Waals surface area (Å²) >= 11 is 0. The second-order valence-corrected chi connectivity index (χ2v) is 15.0. The molecule has 2 unspecified atom stereocenters. The smallest absolute Gasteiger partial charge is 0.250 e. The molecule has 2 aromatic heterocycles. The summed E-state index contributed by atoms with van der Waals surface area (Å²) in [7, 11) is 3.07. The summed E-state index contributed by atoms with van der Waals surface area (Å²) in [4.78, 5) is 33.9. The fourth-order valence-electron chi connectivity index (χ4n) is 7.74. The number of carbonyl (C=O) groups excluding carboxylic acids is 2. The molecule has 8 rings (SSSR count). The van der Waals surface area contributed by atoms with Crippen molar-refractivity contribution >= 4 is 23.5 Å². The minimum atomic E-state index is -0.564. The second-order valence-electron chi connectivity index (χ2n) is 15.0. The molecule has 0 saturated heterocycles. The van der Waals surface area contributed by atoms with Gasteiger partial charge in [0.05, 0.1) is 72.9 Å². The van der Waals surface area contributed by atoms with Crippen molar-refractivity contribution in [2.75, 3.05) is 14.2 Å². The van der Waals surface area contributed by atoms with E-state index in [1.165, 1.54) is 39.2 Å². The zero-order chi connectivity index (χ0) is 42.5. The van der Waals surface area contributed by atoms with Gasteiger partial charge in [-0.2, -0.15) is 0 Å². The van der Waals surface area contributed by atoms with Crippen LogP contribution in [-0.4, -0.2) is 45.1 Å². The van der Waals surface area contributed by atoms with E-state index in [-0.39, 0.29) is 23.2 Å². The van der Waals surface area contributed by atoms with Gasteiger partial charge in [0.25, 0.3) is 0 Å². The number of aryl methyl sites for hydroxylation is 4. The Hall–Kier alpha value is -6.82. The molecule has 0 bridgehead atoms. The van der Waals surface area contributed by atoms with Crippen molar-refractivity contribution in [2.24, 2.45) is 0 Å². The lowest BCUT2D eigenvalue weighted by Gasteiger charge is -2.15. The first kappa shape index (κ1) is 41.3. The molecular formula is C48H48F2N6O4. The predicted octanol–water partition coefficient (Wildman–Crippen LogP) is 9.39. The topological polar surface area (TPSA) is 112 Å². The molecule has 0 fully saturated rings. The van der Waals surface area contributed by atoms with Gasteiger partial charge in [-0.15, -0.1) is 0 Å². The standard InChI is InChI=1S/2C24H24FN3O2/c2*1-15-13-28(14-26-15)21-11-9-18(12-22(21)30-3)23(25)16(2)24(29)27-20-10-8-17-6-4-5-7-19(17)20/h2*4-7,9,11-14,20H,8,10H2,1-3H3,(H,27,29)/b23-16+;23-16-. The number of amides is 2. The molecule has 2 atom stereocenters. The van der Waals surface area contributed by atoms with Gasteiger partial charge in [0.2, 0.25) is 11.8 Å². The van der Waals surface area contributed by atoms with Gasteiger partial charge in [0.1, 0.15) is 23.2 Å². The fraction of sp³-hybridized carbons (Fsp3) is 0.250. The van der Waals surface area contributed by atoms with E-state index in [2.05, 4.69) is 32.7 Å². The number of fused-ring (bicyclic) bond motifs is 2. The lowest BCUT2D eigenvalue weighted by Crippen LogP contribution is -2.28. The average Bonchev–Trinajstić information content (AvgIpc) is 4.10. The summed E-state index contributed by atoms with van der Waals surface area (Å²) in [5.41, 5.74) is 8.63. The number of carbonyl (C=O) groups is 2. The molecule has 0 radical (unpaired) electrons. The molecule has 0 saturated carbocycles. The molecule has 12 heteroatoms. The van der Waals surface area contributed by atoms with E-state index in [9.17, 15) is 9.59 Å². The van der Waals surface area contributed by atoms with E-state index in [0.717, 1.165) is 59.6 Å². The monoisotopic (exact) mass is 810 g/mol. The van der Waals surface area contributed by atoms with Crippen LogP contribution in [0.3, 0.4) is 0 Å². The first-order valence-corrected chi connectivity index (χ1v) is 19.8. The minimum Gasteiger partial charge on any atom is -0.495 e. The Labute approximate surface area is 348 Å². The zero-order valence-electron chi connectivity index (χ0n) is 34.6. The number of hydrogen-bond acceptors (Lipinski definition) is 6. The van der Waals surface area contributed by atoms with Crippen LogP contribution in [0.25, 0.3) is 23.0 Å². The highest BCUT2D eigenvalue weighted by Crippen LogP contribution is 2.35. The fourth-order valence-corrected chi connectivity index (χ4v) is 7.74. The molecule has 2 amide bonds. The normalized spacial score (nSPS) is 16.1. The van der Waals surface area contributed by atoms with E-state index in [1.807, 2.05) is 71.8 Å². The summed E-state index contributed by atoms with van der Waals surface area (Å²) in [6, 6.07) is 25.9. The van der Waals surface area contributed by atoms with Crippen LogP contribution in [0.1, 0.15) is 83.5 Å². The third-order valence-corrected chi connectivity index (χ3v) is 11.1. The Morgan fingerprint density at radius 3 is 1.40 bits per heavy atom. The Bertz CT molecular complexity index is 2450. The van der Waals surface area contributed by atoms with Gasteiger partial charge in [0.15, 0.2) is 0 Å². The number of methoxy groups -OCH3 is 2. The molecule has 0 aliphatic heterocycles. The number of nitrogens with one attached hydrogen (secondary N) is 2. The summed E-state index contributed by atoms with van der Waals surface area (Å²) in [6.45, 7) is 6.80. The molecular weight excluding hydrogens is 763 g/mol. The Balaban J connectivity index is 0.000000181. The van der Waals surface area contributed by atoms with Gasteiger partial charge in [-0.05, 0) is 112 Å². The van der Waals surface area contributed by atoms with Crippen molar-refractivity contribution in [3.8, 4) is 22.9 Å². The van der Waals surface area contributed by atoms with Gasteiger partial charge in [-0.1, -0.05) is 48.5 Å². The maximum absolute atomic E-state index is 15.1. The molecule has 2 aliphatic carbocycles. The molecule has 6 aromatic rings. The molecule has 0 spiro atoms. The van der Waals surface area contributed by atoms with Gasteiger partial charge in [0, 0.05) is 23.5 Å². The number of ether oxygens (including phenoxy) is 2. The largest absolute Gasteiger partial charge is 0.495 e. The first-order chi connectivity index (χ1) is 28.9.